The molecule has 2 heterocycles. The summed E-state index contributed by atoms with van der Waals surface area (Å²) in [6, 6.07) is 15.3. The molecule has 0 radical (unpaired) electrons. The molecule has 1 aromatic heterocycles. The van der Waals surface area contributed by atoms with E-state index in [4.69, 9.17) is 14.7 Å². The Bertz CT molecular complexity index is 1200. The van der Waals surface area contributed by atoms with E-state index in [0.29, 0.717) is 30.0 Å². The molecular formula is C22H20N2O4S2. The van der Waals surface area contributed by atoms with Crippen molar-refractivity contribution in [3.8, 4) is 17.6 Å². The predicted molar refractivity (Wildman–Crippen MR) is 114 cm³/mol. The van der Waals surface area contributed by atoms with Crippen molar-refractivity contribution in [1.82, 2.24) is 4.31 Å². The normalized spacial score (nSPS) is 16.5. The Morgan fingerprint density at radius 2 is 1.80 bits per heavy atom. The molecule has 1 atom stereocenters. The van der Waals surface area contributed by atoms with Gasteiger partial charge in [-0.1, -0.05) is 6.07 Å². The monoisotopic (exact) mass is 440 g/mol. The summed E-state index contributed by atoms with van der Waals surface area (Å²) in [5.74, 6) is 1.19. The van der Waals surface area contributed by atoms with E-state index in [2.05, 4.69) is 0 Å². The Kier molecular flexibility index (Phi) is 5.52. The van der Waals surface area contributed by atoms with Crippen molar-refractivity contribution in [2.75, 3.05) is 20.8 Å². The van der Waals surface area contributed by atoms with E-state index in [1.165, 1.54) is 39.9 Å². The van der Waals surface area contributed by atoms with Gasteiger partial charge in [-0.2, -0.15) is 9.57 Å². The summed E-state index contributed by atoms with van der Waals surface area (Å²) in [5.41, 5.74) is 2.35. The summed E-state index contributed by atoms with van der Waals surface area (Å²) in [6.07, 6.45) is 0.563. The van der Waals surface area contributed by atoms with Crippen molar-refractivity contribution in [1.29, 1.82) is 5.26 Å². The highest BCUT2D eigenvalue weighted by Gasteiger charge is 2.38. The van der Waals surface area contributed by atoms with Crippen molar-refractivity contribution in [2.24, 2.45) is 0 Å². The second-order valence-electron chi connectivity index (χ2n) is 6.83. The van der Waals surface area contributed by atoms with Crippen molar-refractivity contribution in [3.63, 3.8) is 0 Å². The Hall–Kier alpha value is -2.86. The number of hydrogen-bond acceptors (Lipinski definition) is 6. The molecule has 0 bridgehead atoms. The van der Waals surface area contributed by atoms with Gasteiger partial charge in [-0.25, -0.2) is 8.42 Å². The molecule has 1 aliphatic heterocycles. The fraction of sp³-hybridized carbons (Fsp3) is 0.227. The van der Waals surface area contributed by atoms with Crippen LogP contribution in [0.3, 0.4) is 0 Å². The number of nitrogens with zero attached hydrogens (tertiary/aromatic N) is 2. The van der Waals surface area contributed by atoms with Crippen LogP contribution in [0.2, 0.25) is 0 Å². The van der Waals surface area contributed by atoms with Crippen molar-refractivity contribution in [2.45, 2.75) is 17.4 Å². The topological polar surface area (TPSA) is 79.6 Å². The second kappa shape index (κ2) is 8.11. The van der Waals surface area contributed by atoms with E-state index < -0.39 is 16.1 Å². The van der Waals surface area contributed by atoms with E-state index in [9.17, 15) is 8.42 Å². The van der Waals surface area contributed by atoms with Crippen LogP contribution in [0.4, 0.5) is 0 Å². The highest BCUT2D eigenvalue weighted by atomic mass is 32.2. The van der Waals surface area contributed by atoms with Gasteiger partial charge in [0.05, 0.1) is 36.8 Å². The third-order valence-corrected chi connectivity index (χ3v) is 8.04. The highest BCUT2D eigenvalue weighted by molar-refractivity contribution is 7.89. The second-order valence-corrected chi connectivity index (χ2v) is 9.70. The van der Waals surface area contributed by atoms with E-state index in [0.717, 1.165) is 16.0 Å². The summed E-state index contributed by atoms with van der Waals surface area (Å²) < 4.78 is 39.6. The first-order valence-electron chi connectivity index (χ1n) is 9.29. The first-order chi connectivity index (χ1) is 14.5. The van der Waals surface area contributed by atoms with Gasteiger partial charge in [-0.15, -0.1) is 11.3 Å². The molecule has 0 fully saturated rings. The molecule has 8 heteroatoms. The van der Waals surface area contributed by atoms with Gasteiger partial charge in [0.25, 0.3) is 0 Å². The SMILES string of the molecule is COc1cc2c(cc1OC)[C@@H](c1cccs1)N(S(=O)(=O)c1ccc(C#N)cc1)CC2. The van der Waals surface area contributed by atoms with Gasteiger partial charge >= 0.3 is 0 Å². The number of benzene rings is 2. The average Bonchev–Trinajstić information content (AvgIpc) is 3.31. The van der Waals surface area contributed by atoms with E-state index >= 15 is 0 Å². The van der Waals surface area contributed by atoms with Gasteiger partial charge in [0, 0.05) is 11.4 Å². The minimum Gasteiger partial charge on any atom is -0.493 e. The minimum atomic E-state index is -3.78. The van der Waals surface area contributed by atoms with Crippen LogP contribution in [0, 0.1) is 11.3 Å². The predicted octanol–water partition coefficient (Wildman–Crippen LogP) is 3.97. The standard InChI is InChI=1S/C22H20N2O4S2/c1-27-19-12-16-9-10-24(30(25,26)17-7-5-15(14-23)6-8-17)22(21-4-3-11-29-21)18(16)13-20(19)28-2/h3-8,11-13,22H,9-10H2,1-2H3/t22-/m0/s1. The number of methoxy groups -OCH3 is 2. The number of hydrogen-bond donors (Lipinski definition) is 0. The van der Waals surface area contributed by atoms with Crippen LogP contribution in [0.5, 0.6) is 11.5 Å². The maximum absolute atomic E-state index is 13.6. The van der Waals surface area contributed by atoms with E-state index in [1.807, 2.05) is 35.7 Å². The van der Waals surface area contributed by atoms with Crippen LogP contribution in [-0.2, 0) is 16.4 Å². The lowest BCUT2D eigenvalue weighted by Gasteiger charge is -2.36. The molecule has 0 N–H and O–H groups in total. The number of nitriles is 1. The number of sulfonamides is 1. The quantitative estimate of drug-likeness (QED) is 0.600. The molecule has 154 valence electrons. The first kappa shape index (κ1) is 20.4. The van der Waals surface area contributed by atoms with Gasteiger partial charge in [0.2, 0.25) is 10.0 Å². The fourth-order valence-corrected chi connectivity index (χ4v) is 6.27. The Morgan fingerprint density at radius 1 is 1.10 bits per heavy atom. The maximum Gasteiger partial charge on any atom is 0.243 e. The van der Waals surface area contributed by atoms with Crippen molar-refractivity contribution in [3.05, 3.63) is 75.5 Å². The fourth-order valence-electron chi connectivity index (χ4n) is 3.76. The minimum absolute atomic E-state index is 0.173. The Balaban J connectivity index is 1.86. The molecular weight excluding hydrogens is 420 g/mol. The number of rotatable bonds is 5. The van der Waals surface area contributed by atoms with Gasteiger partial charge in [-0.3, -0.25) is 0 Å². The van der Waals surface area contributed by atoms with E-state index in [1.54, 1.807) is 14.2 Å². The summed E-state index contributed by atoms with van der Waals surface area (Å²) in [5, 5.41) is 11.0. The zero-order valence-corrected chi connectivity index (χ0v) is 18.2. The molecule has 4 rings (SSSR count). The molecule has 6 nitrogen and oxygen atoms in total. The van der Waals surface area contributed by atoms with Gasteiger partial charge in [0.15, 0.2) is 11.5 Å². The summed E-state index contributed by atoms with van der Waals surface area (Å²) in [7, 11) is -0.625. The average molecular weight is 441 g/mol. The van der Waals surface area contributed by atoms with Crippen LogP contribution < -0.4 is 9.47 Å². The first-order valence-corrected chi connectivity index (χ1v) is 11.6. The largest absolute Gasteiger partial charge is 0.493 e. The van der Waals surface area contributed by atoms with Gasteiger partial charge < -0.3 is 9.47 Å². The molecule has 30 heavy (non-hydrogen) atoms. The van der Waals surface area contributed by atoms with Gasteiger partial charge in [0.1, 0.15) is 0 Å². The molecule has 2 aromatic carbocycles. The zero-order chi connectivity index (χ0) is 21.3. The lowest BCUT2D eigenvalue weighted by atomic mass is 9.92. The lowest BCUT2D eigenvalue weighted by Crippen LogP contribution is -2.40. The smallest absolute Gasteiger partial charge is 0.243 e. The summed E-state index contributed by atoms with van der Waals surface area (Å²) in [6.45, 7) is 0.341. The van der Waals surface area contributed by atoms with E-state index in [-0.39, 0.29) is 4.90 Å². The molecule has 0 aliphatic carbocycles. The molecule has 1 aliphatic rings. The molecule has 0 spiro atoms. The number of thiophene rings is 1. The lowest BCUT2D eigenvalue weighted by molar-refractivity contribution is 0.334. The van der Waals surface area contributed by atoms with Crippen LogP contribution in [-0.4, -0.2) is 33.5 Å². The Labute approximate surface area is 180 Å². The van der Waals surface area contributed by atoms with Gasteiger partial charge in [-0.05, 0) is 65.4 Å². The van der Waals surface area contributed by atoms with Crippen LogP contribution in [0.1, 0.15) is 27.6 Å². The zero-order valence-electron chi connectivity index (χ0n) is 16.5. The highest BCUT2D eigenvalue weighted by Crippen LogP contribution is 2.44. The number of fused-ring (bicyclic) bond motifs is 1. The maximum atomic E-state index is 13.6. The third kappa shape index (κ3) is 3.45. The number of ether oxygens (including phenoxy) is 2. The molecule has 0 saturated heterocycles. The molecule has 0 unspecified atom stereocenters. The molecule has 0 amide bonds. The van der Waals surface area contributed by atoms with Crippen LogP contribution >= 0.6 is 11.3 Å². The van der Waals surface area contributed by atoms with Crippen LogP contribution in [0.15, 0.2) is 58.8 Å². The molecule has 0 saturated carbocycles. The van der Waals surface area contributed by atoms with Crippen molar-refractivity contribution < 1.29 is 17.9 Å². The van der Waals surface area contributed by atoms with Crippen molar-refractivity contribution >= 4 is 21.4 Å². The third-order valence-electron chi connectivity index (χ3n) is 5.23. The molecule has 3 aromatic rings. The Morgan fingerprint density at radius 3 is 2.40 bits per heavy atom. The van der Waals surface area contributed by atoms with Crippen LogP contribution in [0.25, 0.3) is 0 Å². The summed E-state index contributed by atoms with van der Waals surface area (Å²) >= 11 is 1.52. The summed E-state index contributed by atoms with van der Waals surface area (Å²) in [4.78, 5) is 1.10.